The zero-order valence-corrected chi connectivity index (χ0v) is 13.3. The third kappa shape index (κ3) is 4.04. The summed E-state index contributed by atoms with van der Waals surface area (Å²) in [6.45, 7) is 6.02. The molecule has 0 bridgehead atoms. The molecule has 0 saturated carbocycles. The minimum atomic E-state index is -0.345. The summed E-state index contributed by atoms with van der Waals surface area (Å²) >= 11 is 1.62. The van der Waals surface area contributed by atoms with Gasteiger partial charge in [-0.3, -0.25) is 9.59 Å². The van der Waals surface area contributed by atoms with E-state index in [9.17, 15) is 9.59 Å². The Bertz CT molecular complexity index is 659. The van der Waals surface area contributed by atoms with Crippen molar-refractivity contribution in [2.24, 2.45) is 5.92 Å². The predicted octanol–water partition coefficient (Wildman–Crippen LogP) is 3.26. The lowest BCUT2D eigenvalue weighted by Gasteiger charge is -2.19. The molecule has 0 spiro atoms. The van der Waals surface area contributed by atoms with Gasteiger partial charge in [0.1, 0.15) is 5.56 Å². The lowest BCUT2D eigenvalue weighted by molar-refractivity contribution is 0.0931. The summed E-state index contributed by atoms with van der Waals surface area (Å²) in [7, 11) is 0. The Morgan fingerprint density at radius 3 is 2.67 bits per heavy atom. The van der Waals surface area contributed by atoms with Gasteiger partial charge in [-0.1, -0.05) is 19.9 Å². The third-order valence-electron chi connectivity index (χ3n) is 3.20. The number of amides is 1. The largest absolute Gasteiger partial charge is 0.344 e. The number of hydrogen-bond acceptors (Lipinski definition) is 3. The van der Waals surface area contributed by atoms with E-state index < -0.39 is 0 Å². The SMILES string of the molecule is Cc1ccc(C(=O)N[C@@H](CC(C)C)c2cccs2)c(=O)[nH]1. The molecule has 0 unspecified atom stereocenters. The molecule has 21 heavy (non-hydrogen) atoms. The highest BCUT2D eigenvalue weighted by molar-refractivity contribution is 7.10. The number of rotatable bonds is 5. The molecule has 2 rings (SSSR count). The van der Waals surface area contributed by atoms with E-state index in [1.54, 1.807) is 30.4 Å². The summed E-state index contributed by atoms with van der Waals surface area (Å²) in [6, 6.07) is 7.23. The fourth-order valence-electron chi connectivity index (χ4n) is 2.19. The van der Waals surface area contributed by atoms with Gasteiger partial charge < -0.3 is 10.3 Å². The van der Waals surface area contributed by atoms with Crippen molar-refractivity contribution in [3.8, 4) is 0 Å². The van der Waals surface area contributed by atoms with Crippen molar-refractivity contribution in [3.63, 3.8) is 0 Å². The van der Waals surface area contributed by atoms with Crippen molar-refractivity contribution >= 4 is 17.2 Å². The van der Waals surface area contributed by atoms with Crippen LogP contribution in [-0.4, -0.2) is 10.9 Å². The quantitative estimate of drug-likeness (QED) is 0.890. The highest BCUT2D eigenvalue weighted by Crippen LogP contribution is 2.25. The van der Waals surface area contributed by atoms with Gasteiger partial charge in [0.05, 0.1) is 6.04 Å². The molecule has 1 amide bonds. The van der Waals surface area contributed by atoms with Crippen molar-refractivity contribution in [3.05, 3.63) is 56.1 Å². The highest BCUT2D eigenvalue weighted by Gasteiger charge is 2.19. The molecule has 0 aliphatic heterocycles. The second kappa shape index (κ2) is 6.72. The molecule has 4 nitrogen and oxygen atoms in total. The maximum Gasteiger partial charge on any atom is 0.260 e. The van der Waals surface area contributed by atoms with E-state index in [4.69, 9.17) is 0 Å². The van der Waals surface area contributed by atoms with Crippen molar-refractivity contribution < 1.29 is 4.79 Å². The Morgan fingerprint density at radius 2 is 2.10 bits per heavy atom. The van der Waals surface area contributed by atoms with Crippen molar-refractivity contribution in [2.45, 2.75) is 33.2 Å². The zero-order valence-electron chi connectivity index (χ0n) is 12.5. The smallest absolute Gasteiger partial charge is 0.260 e. The first-order valence-corrected chi connectivity index (χ1v) is 7.89. The Hall–Kier alpha value is -1.88. The van der Waals surface area contributed by atoms with E-state index in [-0.39, 0.29) is 23.1 Å². The summed E-state index contributed by atoms with van der Waals surface area (Å²) in [6.07, 6.45) is 0.843. The summed E-state index contributed by atoms with van der Waals surface area (Å²) in [5.74, 6) is 0.129. The van der Waals surface area contributed by atoms with Crippen molar-refractivity contribution in [1.29, 1.82) is 0 Å². The number of aryl methyl sites for hydroxylation is 1. The lowest BCUT2D eigenvalue weighted by atomic mass is 10.0. The van der Waals surface area contributed by atoms with Gasteiger partial charge in [0.25, 0.3) is 11.5 Å². The molecule has 0 aliphatic rings. The first-order valence-electron chi connectivity index (χ1n) is 7.01. The van der Waals surface area contributed by atoms with Crippen LogP contribution in [0.25, 0.3) is 0 Å². The maximum absolute atomic E-state index is 12.3. The Labute approximate surface area is 128 Å². The fraction of sp³-hybridized carbons (Fsp3) is 0.375. The number of aromatic nitrogens is 1. The predicted molar refractivity (Wildman–Crippen MR) is 85.8 cm³/mol. The number of hydrogen-bond donors (Lipinski definition) is 2. The minimum Gasteiger partial charge on any atom is -0.344 e. The molecule has 2 aromatic rings. The number of nitrogens with one attached hydrogen (secondary N) is 2. The number of carbonyl (C=O) groups excluding carboxylic acids is 1. The van der Waals surface area contributed by atoms with Gasteiger partial charge in [0.15, 0.2) is 0 Å². The van der Waals surface area contributed by atoms with Crippen LogP contribution in [0.4, 0.5) is 0 Å². The number of aromatic amines is 1. The van der Waals surface area contributed by atoms with Crippen LogP contribution in [0.1, 0.15) is 47.2 Å². The molecule has 0 fully saturated rings. The molecule has 0 radical (unpaired) electrons. The van der Waals surface area contributed by atoms with Crippen LogP contribution in [0.5, 0.6) is 0 Å². The van der Waals surface area contributed by atoms with Gasteiger partial charge in [0, 0.05) is 10.6 Å². The van der Waals surface area contributed by atoms with E-state index in [2.05, 4.69) is 24.1 Å². The van der Waals surface area contributed by atoms with E-state index in [0.29, 0.717) is 5.92 Å². The molecular formula is C16H20N2O2S. The topological polar surface area (TPSA) is 62.0 Å². The van der Waals surface area contributed by atoms with E-state index >= 15 is 0 Å². The van der Waals surface area contributed by atoms with Crippen LogP contribution in [0.2, 0.25) is 0 Å². The minimum absolute atomic E-state index is 0.0572. The van der Waals surface area contributed by atoms with Crippen LogP contribution in [0, 0.1) is 12.8 Å². The van der Waals surface area contributed by atoms with Gasteiger partial charge in [-0.05, 0) is 42.8 Å². The average molecular weight is 304 g/mol. The fourth-order valence-corrected chi connectivity index (χ4v) is 2.98. The Morgan fingerprint density at radius 1 is 1.33 bits per heavy atom. The van der Waals surface area contributed by atoms with Gasteiger partial charge in [-0.25, -0.2) is 0 Å². The molecule has 2 aromatic heterocycles. The molecular weight excluding hydrogens is 284 g/mol. The Balaban J connectivity index is 2.20. The zero-order chi connectivity index (χ0) is 15.4. The number of carbonyl (C=O) groups is 1. The highest BCUT2D eigenvalue weighted by atomic mass is 32.1. The number of thiophene rings is 1. The van der Waals surface area contributed by atoms with Crippen LogP contribution >= 0.6 is 11.3 Å². The first kappa shape index (κ1) is 15.5. The first-order chi connectivity index (χ1) is 9.97. The van der Waals surface area contributed by atoms with Crippen LogP contribution in [0.15, 0.2) is 34.4 Å². The number of pyridine rings is 1. The van der Waals surface area contributed by atoms with E-state index in [1.807, 2.05) is 17.5 Å². The maximum atomic E-state index is 12.3. The molecule has 2 heterocycles. The normalized spacial score (nSPS) is 12.4. The number of H-pyrrole nitrogens is 1. The molecule has 0 saturated heterocycles. The molecule has 5 heteroatoms. The van der Waals surface area contributed by atoms with Gasteiger partial charge in [-0.2, -0.15) is 0 Å². The van der Waals surface area contributed by atoms with Gasteiger partial charge in [0.2, 0.25) is 0 Å². The summed E-state index contributed by atoms with van der Waals surface area (Å²) < 4.78 is 0. The lowest BCUT2D eigenvalue weighted by Crippen LogP contribution is -2.33. The summed E-state index contributed by atoms with van der Waals surface area (Å²) in [5, 5.41) is 4.97. The molecule has 1 atom stereocenters. The molecule has 2 N–H and O–H groups in total. The molecule has 112 valence electrons. The van der Waals surface area contributed by atoms with Crippen LogP contribution in [0.3, 0.4) is 0 Å². The van der Waals surface area contributed by atoms with Crippen LogP contribution < -0.4 is 10.9 Å². The van der Waals surface area contributed by atoms with Crippen molar-refractivity contribution in [2.75, 3.05) is 0 Å². The standard InChI is InChI=1S/C16H20N2O2S/c1-10(2)9-13(14-5-4-8-21-14)18-16(20)12-7-6-11(3)17-15(12)19/h4-8,10,13H,9H2,1-3H3,(H,17,19)(H,18,20)/t13-/m0/s1. The average Bonchev–Trinajstić information content (AvgIpc) is 2.90. The molecule has 0 aliphatic carbocycles. The summed E-state index contributed by atoms with van der Waals surface area (Å²) in [5.41, 5.74) is 0.557. The second-order valence-electron chi connectivity index (χ2n) is 5.56. The van der Waals surface area contributed by atoms with Gasteiger partial charge >= 0.3 is 0 Å². The van der Waals surface area contributed by atoms with Gasteiger partial charge in [-0.15, -0.1) is 11.3 Å². The van der Waals surface area contributed by atoms with E-state index in [0.717, 1.165) is 17.0 Å². The van der Waals surface area contributed by atoms with Crippen molar-refractivity contribution in [1.82, 2.24) is 10.3 Å². The second-order valence-corrected chi connectivity index (χ2v) is 6.53. The Kier molecular flexibility index (Phi) is 4.96. The van der Waals surface area contributed by atoms with Crippen LogP contribution in [-0.2, 0) is 0 Å². The summed E-state index contributed by atoms with van der Waals surface area (Å²) in [4.78, 5) is 28.0. The monoisotopic (exact) mass is 304 g/mol. The van der Waals surface area contributed by atoms with E-state index in [1.165, 1.54) is 0 Å². The third-order valence-corrected chi connectivity index (χ3v) is 4.18. The molecule has 0 aromatic carbocycles.